The fraction of sp³-hybridized carbons (Fsp3) is 0.412. The third-order valence-electron chi connectivity index (χ3n) is 3.46. The number of benzene rings is 1. The van der Waals surface area contributed by atoms with Crippen LogP contribution in [0.25, 0.3) is 5.69 Å². The van der Waals surface area contributed by atoms with Crippen LogP contribution in [0.15, 0.2) is 30.5 Å². The number of para-hydroxylation sites is 1. The molecule has 0 radical (unpaired) electrons. The molecule has 0 saturated heterocycles. The largest absolute Gasteiger partial charge is 0.352 e. The molecule has 0 spiro atoms. The van der Waals surface area contributed by atoms with Crippen LogP contribution in [0.2, 0.25) is 0 Å². The van der Waals surface area contributed by atoms with Crippen LogP contribution in [0.5, 0.6) is 0 Å². The summed E-state index contributed by atoms with van der Waals surface area (Å²) in [7, 11) is 0. The van der Waals surface area contributed by atoms with Gasteiger partial charge in [-0.15, -0.1) is 0 Å². The minimum Gasteiger partial charge on any atom is -0.352 e. The highest BCUT2D eigenvalue weighted by molar-refractivity contribution is 5.95. The number of rotatable bonds is 5. The number of aryl methyl sites for hydroxylation is 1. The first kappa shape index (κ1) is 15.3. The van der Waals surface area contributed by atoms with Gasteiger partial charge >= 0.3 is 0 Å². The summed E-state index contributed by atoms with van der Waals surface area (Å²) in [5.41, 5.74) is 3.79. The number of nitrogens with one attached hydrogen (secondary N) is 1. The quantitative estimate of drug-likeness (QED) is 0.917. The van der Waals surface area contributed by atoms with Crippen LogP contribution in [0.3, 0.4) is 0 Å². The second-order valence-corrected chi connectivity index (χ2v) is 5.66. The Balaban J connectivity index is 2.35. The Labute approximate surface area is 126 Å². The van der Waals surface area contributed by atoms with E-state index in [1.807, 2.05) is 29.8 Å². The summed E-state index contributed by atoms with van der Waals surface area (Å²) in [5, 5.41) is 7.38. The molecule has 2 rings (SSSR count). The Bertz CT molecular complexity index is 629. The van der Waals surface area contributed by atoms with Gasteiger partial charge in [-0.1, -0.05) is 39.0 Å². The van der Waals surface area contributed by atoms with Crippen LogP contribution in [0, 0.1) is 12.8 Å². The first-order valence-corrected chi connectivity index (χ1v) is 7.45. The number of carbonyl (C=O) groups excluding carboxylic acids is 1. The molecule has 1 N–H and O–H groups in total. The first-order chi connectivity index (χ1) is 10.0. The highest BCUT2D eigenvalue weighted by Gasteiger charge is 2.17. The number of carbonyl (C=O) groups is 1. The van der Waals surface area contributed by atoms with E-state index in [9.17, 15) is 4.79 Å². The van der Waals surface area contributed by atoms with Crippen molar-refractivity contribution in [3.8, 4) is 5.69 Å². The van der Waals surface area contributed by atoms with Gasteiger partial charge in [-0.3, -0.25) is 4.79 Å². The normalized spacial score (nSPS) is 10.9. The molecule has 2 aromatic rings. The molecular weight excluding hydrogens is 262 g/mol. The molecule has 0 aliphatic carbocycles. The maximum Gasteiger partial charge on any atom is 0.254 e. The van der Waals surface area contributed by atoms with Crippen LogP contribution in [-0.4, -0.2) is 22.2 Å². The predicted octanol–water partition coefficient (Wildman–Crippen LogP) is 3.13. The average molecular weight is 285 g/mol. The van der Waals surface area contributed by atoms with Gasteiger partial charge in [0.15, 0.2) is 0 Å². The summed E-state index contributed by atoms with van der Waals surface area (Å²) in [6.07, 6.45) is 2.43. The van der Waals surface area contributed by atoms with Crippen molar-refractivity contribution in [2.24, 2.45) is 5.92 Å². The van der Waals surface area contributed by atoms with Gasteiger partial charge in [0.2, 0.25) is 0 Å². The molecule has 21 heavy (non-hydrogen) atoms. The molecule has 0 aliphatic rings. The van der Waals surface area contributed by atoms with Crippen molar-refractivity contribution in [3.63, 3.8) is 0 Å². The van der Waals surface area contributed by atoms with E-state index in [2.05, 4.69) is 37.3 Å². The van der Waals surface area contributed by atoms with Gasteiger partial charge in [0.05, 0.1) is 23.1 Å². The number of hydrogen-bond donors (Lipinski definition) is 1. The second-order valence-electron chi connectivity index (χ2n) is 5.66. The Morgan fingerprint density at radius 3 is 2.67 bits per heavy atom. The van der Waals surface area contributed by atoms with Gasteiger partial charge in [-0.2, -0.15) is 5.10 Å². The highest BCUT2D eigenvalue weighted by Crippen LogP contribution is 2.18. The Morgan fingerprint density at radius 1 is 1.33 bits per heavy atom. The van der Waals surface area contributed by atoms with E-state index in [4.69, 9.17) is 0 Å². The molecule has 1 heterocycles. The van der Waals surface area contributed by atoms with Gasteiger partial charge in [-0.05, 0) is 30.9 Å². The fourth-order valence-electron chi connectivity index (χ4n) is 2.30. The zero-order chi connectivity index (χ0) is 15.4. The van der Waals surface area contributed by atoms with Gasteiger partial charge in [0, 0.05) is 6.54 Å². The van der Waals surface area contributed by atoms with E-state index in [0.717, 1.165) is 23.4 Å². The van der Waals surface area contributed by atoms with Crippen molar-refractivity contribution in [1.82, 2.24) is 15.1 Å². The van der Waals surface area contributed by atoms with Crippen molar-refractivity contribution < 1.29 is 4.79 Å². The Kier molecular flexibility index (Phi) is 4.78. The summed E-state index contributed by atoms with van der Waals surface area (Å²) in [5.74, 6) is 0.394. The number of nitrogens with zero attached hydrogens (tertiary/aromatic N) is 2. The predicted molar refractivity (Wildman–Crippen MR) is 84.9 cm³/mol. The maximum absolute atomic E-state index is 12.3. The zero-order valence-corrected chi connectivity index (χ0v) is 13.2. The SMILES string of the molecule is CCc1c(C(=O)NCC(C)C)cnn1-c1ccccc1C. The number of hydrogen-bond acceptors (Lipinski definition) is 2. The summed E-state index contributed by atoms with van der Waals surface area (Å²) < 4.78 is 1.87. The molecule has 1 amide bonds. The highest BCUT2D eigenvalue weighted by atomic mass is 16.1. The second kappa shape index (κ2) is 6.57. The topological polar surface area (TPSA) is 46.9 Å². The number of aromatic nitrogens is 2. The lowest BCUT2D eigenvalue weighted by molar-refractivity contribution is 0.0948. The minimum absolute atomic E-state index is 0.0413. The lowest BCUT2D eigenvalue weighted by atomic mass is 10.1. The van der Waals surface area contributed by atoms with Crippen molar-refractivity contribution in [1.29, 1.82) is 0 Å². The lowest BCUT2D eigenvalue weighted by Crippen LogP contribution is -2.28. The van der Waals surface area contributed by atoms with Crippen LogP contribution < -0.4 is 5.32 Å². The molecule has 112 valence electrons. The smallest absolute Gasteiger partial charge is 0.254 e. The van der Waals surface area contributed by atoms with E-state index >= 15 is 0 Å². The molecule has 1 aromatic carbocycles. The Hall–Kier alpha value is -2.10. The average Bonchev–Trinajstić information content (AvgIpc) is 2.88. The van der Waals surface area contributed by atoms with E-state index < -0.39 is 0 Å². The van der Waals surface area contributed by atoms with E-state index in [0.29, 0.717) is 18.0 Å². The lowest BCUT2D eigenvalue weighted by Gasteiger charge is -2.11. The molecule has 4 heteroatoms. The third kappa shape index (κ3) is 3.32. The van der Waals surface area contributed by atoms with Crippen molar-refractivity contribution in [2.75, 3.05) is 6.54 Å². The molecule has 0 saturated carbocycles. The summed E-state index contributed by atoms with van der Waals surface area (Å²) in [4.78, 5) is 12.3. The van der Waals surface area contributed by atoms with Crippen molar-refractivity contribution in [3.05, 3.63) is 47.3 Å². The van der Waals surface area contributed by atoms with Crippen LogP contribution >= 0.6 is 0 Å². The minimum atomic E-state index is -0.0413. The molecule has 0 unspecified atom stereocenters. The molecule has 0 fully saturated rings. The van der Waals surface area contributed by atoms with Crippen molar-refractivity contribution >= 4 is 5.91 Å². The molecule has 1 aromatic heterocycles. The molecule has 4 nitrogen and oxygen atoms in total. The first-order valence-electron chi connectivity index (χ1n) is 7.45. The molecule has 0 bridgehead atoms. The van der Waals surface area contributed by atoms with Gasteiger partial charge < -0.3 is 5.32 Å². The number of amides is 1. The maximum atomic E-state index is 12.3. The van der Waals surface area contributed by atoms with Gasteiger partial charge in [0.25, 0.3) is 5.91 Å². The van der Waals surface area contributed by atoms with Gasteiger partial charge in [0.1, 0.15) is 0 Å². The van der Waals surface area contributed by atoms with Crippen molar-refractivity contribution in [2.45, 2.75) is 34.1 Å². The van der Waals surface area contributed by atoms with Crippen LogP contribution in [0.1, 0.15) is 42.4 Å². The molecule has 0 atom stereocenters. The molecule has 0 aliphatic heterocycles. The summed E-state index contributed by atoms with van der Waals surface area (Å²) in [6.45, 7) is 8.94. The standard InChI is InChI=1S/C17H23N3O/c1-5-15-14(17(21)18-10-12(2)3)11-19-20(15)16-9-7-6-8-13(16)4/h6-9,11-12H,5,10H2,1-4H3,(H,18,21). The van der Waals surface area contributed by atoms with E-state index in [1.165, 1.54) is 0 Å². The zero-order valence-electron chi connectivity index (χ0n) is 13.2. The fourth-order valence-corrected chi connectivity index (χ4v) is 2.30. The summed E-state index contributed by atoms with van der Waals surface area (Å²) in [6, 6.07) is 8.07. The summed E-state index contributed by atoms with van der Waals surface area (Å²) >= 11 is 0. The van der Waals surface area contributed by atoms with Crippen LogP contribution in [0.4, 0.5) is 0 Å². The van der Waals surface area contributed by atoms with E-state index in [1.54, 1.807) is 6.20 Å². The van der Waals surface area contributed by atoms with Crippen LogP contribution in [-0.2, 0) is 6.42 Å². The third-order valence-corrected chi connectivity index (χ3v) is 3.46. The van der Waals surface area contributed by atoms with Gasteiger partial charge in [-0.25, -0.2) is 4.68 Å². The monoisotopic (exact) mass is 285 g/mol. The molecular formula is C17H23N3O. The Morgan fingerprint density at radius 2 is 2.05 bits per heavy atom. The van der Waals surface area contributed by atoms with E-state index in [-0.39, 0.29) is 5.91 Å².